The van der Waals surface area contributed by atoms with Crippen molar-refractivity contribution < 1.29 is 9.53 Å². The van der Waals surface area contributed by atoms with Crippen molar-refractivity contribution in [3.8, 4) is 0 Å². The molecule has 1 unspecified atom stereocenters. The summed E-state index contributed by atoms with van der Waals surface area (Å²) in [5.74, 6) is 0. The van der Waals surface area contributed by atoms with Gasteiger partial charge in [-0.15, -0.1) is 0 Å². The van der Waals surface area contributed by atoms with E-state index >= 15 is 0 Å². The molecule has 1 atom stereocenters. The molecule has 7 heteroatoms. The number of carbonyl (C=O) groups is 1. The number of ether oxygens (including phenoxy) is 1. The summed E-state index contributed by atoms with van der Waals surface area (Å²) in [6.07, 6.45) is 5.14. The number of benzene rings is 1. The topological polar surface area (TPSA) is 58.8 Å². The van der Waals surface area contributed by atoms with Gasteiger partial charge in [-0.1, -0.05) is 61.7 Å². The second kappa shape index (κ2) is 9.37. The van der Waals surface area contributed by atoms with Crippen molar-refractivity contribution in [3.63, 3.8) is 0 Å². The van der Waals surface area contributed by atoms with E-state index in [2.05, 4.69) is 36.6 Å². The molecule has 166 valence electrons. The van der Waals surface area contributed by atoms with Crippen LogP contribution in [0.5, 0.6) is 0 Å². The molecule has 1 aromatic carbocycles. The Morgan fingerprint density at radius 3 is 2.47 bits per heavy atom. The van der Waals surface area contributed by atoms with Crippen LogP contribution in [0.15, 0.2) is 29.8 Å². The lowest BCUT2D eigenvalue weighted by Crippen LogP contribution is -2.49. The van der Waals surface area contributed by atoms with Crippen LogP contribution in [0, 0.1) is 5.41 Å². The summed E-state index contributed by atoms with van der Waals surface area (Å²) >= 11 is 12.5. The van der Waals surface area contributed by atoms with Crippen molar-refractivity contribution in [2.75, 3.05) is 37.6 Å². The minimum Gasteiger partial charge on any atom is -0.442 e. The maximum atomic E-state index is 11.5. The van der Waals surface area contributed by atoms with Gasteiger partial charge < -0.3 is 15.4 Å². The lowest BCUT2D eigenvalue weighted by molar-refractivity contribution is -0.0719. The van der Waals surface area contributed by atoms with Crippen LogP contribution in [0.4, 0.5) is 10.5 Å². The zero-order chi connectivity index (χ0) is 21.9. The van der Waals surface area contributed by atoms with Crippen molar-refractivity contribution in [1.82, 2.24) is 4.90 Å². The number of halogens is 2. The van der Waals surface area contributed by atoms with Crippen LogP contribution in [-0.2, 0) is 4.74 Å². The van der Waals surface area contributed by atoms with Crippen LogP contribution < -0.4 is 10.6 Å². The Morgan fingerprint density at radius 2 is 1.90 bits per heavy atom. The molecule has 0 aromatic heterocycles. The lowest BCUT2D eigenvalue weighted by atomic mass is 9.68. The Kier molecular flexibility index (Phi) is 7.26. The van der Waals surface area contributed by atoms with E-state index in [1.165, 1.54) is 5.57 Å². The van der Waals surface area contributed by atoms with Crippen molar-refractivity contribution in [3.05, 3.63) is 39.9 Å². The van der Waals surface area contributed by atoms with E-state index in [4.69, 9.17) is 33.7 Å². The molecule has 1 aromatic rings. The quantitative estimate of drug-likeness (QED) is 0.598. The van der Waals surface area contributed by atoms with E-state index < -0.39 is 11.7 Å². The van der Waals surface area contributed by atoms with E-state index in [1.807, 2.05) is 18.2 Å². The normalized spacial score (nSPS) is 23.2. The molecule has 30 heavy (non-hydrogen) atoms. The number of nitrogens with two attached hydrogens (primary N) is 1. The lowest BCUT2D eigenvalue weighted by Gasteiger charge is -2.45. The summed E-state index contributed by atoms with van der Waals surface area (Å²) < 4.78 is 5.62. The Bertz CT molecular complexity index is 798. The predicted octanol–water partition coefficient (Wildman–Crippen LogP) is 5.50. The number of primary amides is 1. The molecule has 0 radical (unpaired) electrons. The monoisotopic (exact) mass is 453 g/mol. The van der Waals surface area contributed by atoms with Crippen LogP contribution in [-0.4, -0.2) is 49.3 Å². The minimum absolute atomic E-state index is 0.151. The fourth-order valence-electron chi connectivity index (χ4n) is 4.47. The molecule has 1 heterocycles. The molecular formula is C23H33Cl2N3O2. The van der Waals surface area contributed by atoms with Gasteiger partial charge in [-0.3, -0.25) is 4.90 Å². The number of carbonyl (C=O) groups excluding carboxylic acids is 1. The molecular weight excluding hydrogens is 421 g/mol. The third kappa shape index (κ3) is 5.24. The van der Waals surface area contributed by atoms with Gasteiger partial charge in [0.25, 0.3) is 0 Å². The van der Waals surface area contributed by atoms with Crippen LogP contribution in [0.2, 0.25) is 10.0 Å². The second-order valence-corrected chi connectivity index (χ2v) is 10.2. The highest BCUT2D eigenvalue weighted by Gasteiger charge is 2.45. The molecule has 1 aliphatic heterocycles. The van der Waals surface area contributed by atoms with Crippen LogP contribution in [0.1, 0.15) is 46.5 Å². The van der Waals surface area contributed by atoms with E-state index in [0.29, 0.717) is 10.0 Å². The fraction of sp³-hybridized carbons (Fsp3) is 0.609. The first-order valence-corrected chi connectivity index (χ1v) is 11.4. The molecule has 2 aliphatic rings. The number of nitrogens with zero attached hydrogens (tertiary/aromatic N) is 2. The standard InChI is InChI=1S/C23H33Cl2N3O2/c1-22(2,3)23(30-21(26)29)10-7-17(8-11-23)9-12-27-13-15-28(16-14-27)19-6-4-5-18(24)20(19)25/h4-7H,8-16H2,1-3H3,(H2,26,29). The van der Waals surface area contributed by atoms with Gasteiger partial charge in [-0.2, -0.15) is 0 Å². The van der Waals surface area contributed by atoms with Crippen molar-refractivity contribution in [2.45, 2.75) is 52.1 Å². The summed E-state index contributed by atoms with van der Waals surface area (Å²) in [5.41, 5.74) is 7.17. The molecule has 1 fully saturated rings. The SMILES string of the molecule is CC(C)(C)C1(OC(N)=O)CC=C(CCN2CCN(c3cccc(Cl)c3Cl)CC2)CC1. The second-order valence-electron chi connectivity index (χ2n) is 9.38. The molecule has 2 N–H and O–H groups in total. The summed E-state index contributed by atoms with van der Waals surface area (Å²) in [6, 6.07) is 5.81. The Hall–Kier alpha value is -1.43. The van der Waals surface area contributed by atoms with E-state index in [1.54, 1.807) is 0 Å². The number of anilines is 1. The average molecular weight is 454 g/mol. The predicted molar refractivity (Wildman–Crippen MR) is 125 cm³/mol. The first-order chi connectivity index (χ1) is 14.1. The zero-order valence-electron chi connectivity index (χ0n) is 18.2. The van der Waals surface area contributed by atoms with Crippen molar-refractivity contribution in [2.24, 2.45) is 11.1 Å². The van der Waals surface area contributed by atoms with E-state index in [-0.39, 0.29) is 5.41 Å². The highest BCUT2D eigenvalue weighted by Crippen LogP contribution is 2.44. The third-order valence-corrected chi connectivity index (χ3v) is 7.44. The van der Waals surface area contributed by atoms with Gasteiger partial charge in [0.15, 0.2) is 0 Å². The molecule has 0 bridgehead atoms. The summed E-state index contributed by atoms with van der Waals surface area (Å²) in [5, 5.41) is 1.24. The number of amides is 1. The van der Waals surface area contributed by atoms with Crippen LogP contribution in [0.3, 0.4) is 0 Å². The average Bonchev–Trinajstić information content (AvgIpc) is 2.69. The zero-order valence-corrected chi connectivity index (χ0v) is 19.7. The molecule has 0 spiro atoms. The van der Waals surface area contributed by atoms with Gasteiger partial charge in [-0.05, 0) is 31.4 Å². The van der Waals surface area contributed by atoms with Gasteiger partial charge >= 0.3 is 6.09 Å². The number of hydrogen-bond acceptors (Lipinski definition) is 4. The van der Waals surface area contributed by atoms with Crippen LogP contribution in [0.25, 0.3) is 0 Å². The van der Waals surface area contributed by atoms with Gasteiger partial charge in [0.1, 0.15) is 5.60 Å². The number of rotatable bonds is 5. The highest BCUT2D eigenvalue weighted by molar-refractivity contribution is 6.43. The van der Waals surface area contributed by atoms with Gasteiger partial charge in [-0.25, -0.2) is 4.79 Å². The molecule has 1 aliphatic carbocycles. The maximum Gasteiger partial charge on any atom is 0.405 e. The first kappa shape index (κ1) is 23.2. The Balaban J connectivity index is 1.51. The van der Waals surface area contributed by atoms with Crippen molar-refractivity contribution in [1.29, 1.82) is 0 Å². The van der Waals surface area contributed by atoms with Crippen molar-refractivity contribution >= 4 is 35.0 Å². The van der Waals surface area contributed by atoms with E-state index in [0.717, 1.165) is 64.1 Å². The Morgan fingerprint density at radius 1 is 1.20 bits per heavy atom. The highest BCUT2D eigenvalue weighted by atomic mass is 35.5. The summed E-state index contributed by atoms with van der Waals surface area (Å²) in [6.45, 7) is 11.3. The minimum atomic E-state index is -0.681. The summed E-state index contributed by atoms with van der Waals surface area (Å²) in [7, 11) is 0. The molecule has 5 nitrogen and oxygen atoms in total. The van der Waals surface area contributed by atoms with Gasteiger partial charge in [0.05, 0.1) is 15.7 Å². The molecule has 0 saturated carbocycles. The fourth-order valence-corrected chi connectivity index (χ4v) is 4.89. The largest absolute Gasteiger partial charge is 0.442 e. The third-order valence-electron chi connectivity index (χ3n) is 6.63. The Labute approximate surface area is 190 Å². The molecule has 1 amide bonds. The smallest absolute Gasteiger partial charge is 0.405 e. The number of hydrogen-bond donors (Lipinski definition) is 1. The molecule has 3 rings (SSSR count). The number of piperazine rings is 1. The molecule has 1 saturated heterocycles. The van der Waals surface area contributed by atoms with Gasteiger partial charge in [0, 0.05) is 44.6 Å². The van der Waals surface area contributed by atoms with Gasteiger partial charge in [0.2, 0.25) is 0 Å². The van der Waals surface area contributed by atoms with Crippen LogP contribution >= 0.6 is 23.2 Å². The van der Waals surface area contributed by atoms with E-state index in [9.17, 15) is 4.79 Å². The summed E-state index contributed by atoms with van der Waals surface area (Å²) in [4.78, 5) is 16.3. The maximum absolute atomic E-state index is 11.5. The first-order valence-electron chi connectivity index (χ1n) is 10.7.